The number of allylic oxidation sites excluding steroid dienone is 1. The fraction of sp³-hybridized carbons (Fsp3) is 0. The third-order valence-corrected chi connectivity index (χ3v) is 1.21. The van der Waals surface area contributed by atoms with Gasteiger partial charge < -0.3 is 16.5 Å². The highest BCUT2D eigenvalue weighted by Gasteiger charge is 1.87. The summed E-state index contributed by atoms with van der Waals surface area (Å²) in [6, 6.07) is 3.53. The van der Waals surface area contributed by atoms with Crippen molar-refractivity contribution in [3.63, 3.8) is 0 Å². The van der Waals surface area contributed by atoms with Crippen LogP contribution in [0.25, 0.3) is 0 Å². The molecule has 4 heteroatoms. The first-order valence-electron chi connectivity index (χ1n) is 3.46. The van der Waals surface area contributed by atoms with Gasteiger partial charge in [-0.25, -0.2) is 4.98 Å². The molecular weight excluding hydrogens is 152 g/mol. The van der Waals surface area contributed by atoms with Crippen molar-refractivity contribution in [2.45, 2.75) is 0 Å². The normalized spacial score (nSPS) is 10.0. The summed E-state index contributed by atoms with van der Waals surface area (Å²) in [7, 11) is 0. The van der Waals surface area contributed by atoms with Gasteiger partial charge in [0.1, 0.15) is 5.82 Å². The molecule has 1 rings (SSSR count). The van der Waals surface area contributed by atoms with E-state index in [1.54, 1.807) is 30.6 Å². The van der Waals surface area contributed by atoms with Crippen molar-refractivity contribution in [3.8, 4) is 0 Å². The van der Waals surface area contributed by atoms with Crippen molar-refractivity contribution in [1.29, 1.82) is 5.41 Å². The average Bonchev–Trinajstić information content (AvgIpc) is 2.09. The number of rotatable bonds is 3. The van der Waals surface area contributed by atoms with Crippen LogP contribution in [0, 0.1) is 5.41 Å². The highest BCUT2D eigenvalue weighted by Crippen LogP contribution is 2.04. The van der Waals surface area contributed by atoms with E-state index in [-0.39, 0.29) is 0 Å². The Morgan fingerprint density at radius 1 is 1.50 bits per heavy atom. The standard InChI is InChI=1S/C8H10N4/c9-4-1-5-11-8-3-2-7(10)6-12-8/h1-6,9H,10H2,(H,11,12)/b5-1-,9-4?. The summed E-state index contributed by atoms with van der Waals surface area (Å²) in [5.41, 5.74) is 6.07. The van der Waals surface area contributed by atoms with Crippen molar-refractivity contribution in [2.75, 3.05) is 11.1 Å². The second kappa shape index (κ2) is 4.12. The van der Waals surface area contributed by atoms with E-state index in [0.717, 1.165) is 0 Å². The number of nitrogens with two attached hydrogens (primary N) is 1. The van der Waals surface area contributed by atoms with Crippen LogP contribution in [0.3, 0.4) is 0 Å². The van der Waals surface area contributed by atoms with Crippen molar-refractivity contribution in [3.05, 3.63) is 30.6 Å². The Labute approximate surface area is 70.6 Å². The zero-order chi connectivity index (χ0) is 8.81. The highest BCUT2D eigenvalue weighted by atomic mass is 15.0. The molecule has 0 aromatic carbocycles. The lowest BCUT2D eigenvalue weighted by Gasteiger charge is -1.98. The van der Waals surface area contributed by atoms with Crippen LogP contribution in [0.1, 0.15) is 0 Å². The molecule has 0 spiro atoms. The van der Waals surface area contributed by atoms with E-state index in [9.17, 15) is 0 Å². The Balaban J connectivity index is 2.58. The summed E-state index contributed by atoms with van der Waals surface area (Å²) >= 11 is 0. The van der Waals surface area contributed by atoms with Crippen LogP contribution in [0.2, 0.25) is 0 Å². The summed E-state index contributed by atoms with van der Waals surface area (Å²) < 4.78 is 0. The molecule has 0 unspecified atom stereocenters. The quantitative estimate of drug-likeness (QED) is 0.585. The van der Waals surface area contributed by atoms with Crippen LogP contribution < -0.4 is 11.1 Å². The maximum atomic E-state index is 6.71. The fourth-order valence-corrected chi connectivity index (χ4v) is 0.672. The Kier molecular flexibility index (Phi) is 2.84. The molecule has 12 heavy (non-hydrogen) atoms. The molecular formula is C8H10N4. The SMILES string of the molecule is N=C/C=C\Nc1ccc(N)cn1. The molecule has 0 saturated carbocycles. The molecule has 4 N–H and O–H groups in total. The third kappa shape index (κ3) is 2.42. The topological polar surface area (TPSA) is 74.8 Å². The van der Waals surface area contributed by atoms with Crippen LogP contribution in [0.5, 0.6) is 0 Å². The first kappa shape index (κ1) is 8.26. The summed E-state index contributed by atoms with van der Waals surface area (Å²) in [5.74, 6) is 0.710. The van der Waals surface area contributed by atoms with Crippen LogP contribution >= 0.6 is 0 Å². The van der Waals surface area contributed by atoms with Gasteiger partial charge in [0, 0.05) is 12.4 Å². The van der Waals surface area contributed by atoms with E-state index in [2.05, 4.69) is 10.3 Å². The first-order chi connectivity index (χ1) is 5.83. The smallest absolute Gasteiger partial charge is 0.129 e. The van der Waals surface area contributed by atoms with E-state index in [1.165, 1.54) is 6.21 Å². The number of pyridine rings is 1. The highest BCUT2D eigenvalue weighted by molar-refractivity contribution is 5.68. The minimum atomic E-state index is 0.636. The molecule has 4 nitrogen and oxygen atoms in total. The van der Waals surface area contributed by atoms with Gasteiger partial charge in [-0.05, 0) is 18.2 Å². The number of nitrogens with one attached hydrogen (secondary N) is 2. The molecule has 1 aromatic rings. The Morgan fingerprint density at radius 2 is 2.33 bits per heavy atom. The summed E-state index contributed by atoms with van der Waals surface area (Å²) in [6.45, 7) is 0. The minimum absolute atomic E-state index is 0.636. The van der Waals surface area contributed by atoms with E-state index < -0.39 is 0 Å². The van der Waals surface area contributed by atoms with Crippen LogP contribution in [0.4, 0.5) is 11.5 Å². The second-order valence-corrected chi connectivity index (χ2v) is 2.15. The predicted octanol–water partition coefficient (Wildman–Crippen LogP) is 1.24. The number of nitrogen functional groups attached to an aromatic ring is 1. The summed E-state index contributed by atoms with van der Waals surface area (Å²) in [4.78, 5) is 3.99. The van der Waals surface area contributed by atoms with Gasteiger partial charge in [0.05, 0.1) is 11.9 Å². The van der Waals surface area contributed by atoms with Gasteiger partial charge >= 0.3 is 0 Å². The van der Waals surface area contributed by atoms with E-state index in [0.29, 0.717) is 11.5 Å². The number of nitrogens with zero attached hydrogens (tertiary/aromatic N) is 1. The number of hydrogen-bond donors (Lipinski definition) is 3. The Bertz CT molecular complexity index is 276. The number of hydrogen-bond acceptors (Lipinski definition) is 4. The zero-order valence-corrected chi connectivity index (χ0v) is 6.49. The van der Waals surface area contributed by atoms with Crippen LogP contribution in [0.15, 0.2) is 30.6 Å². The fourth-order valence-electron chi connectivity index (χ4n) is 0.672. The van der Waals surface area contributed by atoms with Crippen LogP contribution in [-0.2, 0) is 0 Å². The monoisotopic (exact) mass is 162 g/mol. The Hall–Kier alpha value is -1.84. The Morgan fingerprint density at radius 3 is 2.92 bits per heavy atom. The molecule has 62 valence electrons. The molecule has 0 aliphatic rings. The number of anilines is 2. The van der Waals surface area contributed by atoms with E-state index in [4.69, 9.17) is 11.1 Å². The first-order valence-corrected chi connectivity index (χ1v) is 3.46. The zero-order valence-electron chi connectivity index (χ0n) is 6.49. The van der Waals surface area contributed by atoms with Gasteiger partial charge in [-0.1, -0.05) is 0 Å². The lowest BCUT2D eigenvalue weighted by molar-refractivity contribution is 1.31. The van der Waals surface area contributed by atoms with Crippen molar-refractivity contribution < 1.29 is 0 Å². The molecule has 0 bridgehead atoms. The van der Waals surface area contributed by atoms with Gasteiger partial charge in [0.25, 0.3) is 0 Å². The van der Waals surface area contributed by atoms with Gasteiger partial charge in [-0.2, -0.15) is 0 Å². The minimum Gasteiger partial charge on any atom is -0.397 e. The van der Waals surface area contributed by atoms with E-state index >= 15 is 0 Å². The lowest BCUT2D eigenvalue weighted by atomic mass is 10.4. The van der Waals surface area contributed by atoms with Crippen molar-refractivity contribution >= 4 is 17.7 Å². The molecule has 0 amide bonds. The predicted molar refractivity (Wildman–Crippen MR) is 50.2 cm³/mol. The second-order valence-electron chi connectivity index (χ2n) is 2.15. The van der Waals surface area contributed by atoms with Gasteiger partial charge in [-0.3, -0.25) is 0 Å². The molecule has 0 aliphatic heterocycles. The van der Waals surface area contributed by atoms with Crippen molar-refractivity contribution in [1.82, 2.24) is 4.98 Å². The molecule has 0 radical (unpaired) electrons. The third-order valence-electron chi connectivity index (χ3n) is 1.21. The molecule has 0 saturated heterocycles. The van der Waals surface area contributed by atoms with Crippen LogP contribution in [-0.4, -0.2) is 11.2 Å². The molecule has 1 heterocycles. The van der Waals surface area contributed by atoms with E-state index in [1.807, 2.05) is 0 Å². The lowest BCUT2D eigenvalue weighted by Crippen LogP contribution is -1.92. The molecule has 0 atom stereocenters. The van der Waals surface area contributed by atoms with Gasteiger partial charge in [0.15, 0.2) is 0 Å². The van der Waals surface area contributed by atoms with Gasteiger partial charge in [0.2, 0.25) is 0 Å². The van der Waals surface area contributed by atoms with Gasteiger partial charge in [-0.15, -0.1) is 0 Å². The summed E-state index contributed by atoms with van der Waals surface area (Å²) in [5, 5.41) is 9.58. The average molecular weight is 162 g/mol. The molecule has 1 aromatic heterocycles. The molecule has 0 aliphatic carbocycles. The van der Waals surface area contributed by atoms with Crippen molar-refractivity contribution in [2.24, 2.45) is 0 Å². The maximum Gasteiger partial charge on any atom is 0.129 e. The maximum absolute atomic E-state index is 6.71. The largest absolute Gasteiger partial charge is 0.397 e. The summed E-state index contributed by atoms with van der Waals surface area (Å²) in [6.07, 6.45) is 5.95. The molecule has 0 fully saturated rings. The number of aromatic nitrogens is 1.